The van der Waals surface area contributed by atoms with Crippen LogP contribution in [0.5, 0.6) is 0 Å². The van der Waals surface area contributed by atoms with Gasteiger partial charge in [0.2, 0.25) is 0 Å². The second-order valence-corrected chi connectivity index (χ2v) is 5.38. The van der Waals surface area contributed by atoms with Gasteiger partial charge in [0.25, 0.3) is 5.91 Å². The van der Waals surface area contributed by atoms with Gasteiger partial charge in [-0.15, -0.1) is 11.3 Å². The van der Waals surface area contributed by atoms with E-state index in [2.05, 4.69) is 15.5 Å². The van der Waals surface area contributed by atoms with Gasteiger partial charge in [0.05, 0.1) is 6.26 Å². The zero-order valence-corrected chi connectivity index (χ0v) is 11.7. The lowest BCUT2D eigenvalue weighted by atomic mass is 10.3. The lowest BCUT2D eigenvalue weighted by Crippen LogP contribution is -2.13. The summed E-state index contributed by atoms with van der Waals surface area (Å²) >= 11 is 1.41. The van der Waals surface area contributed by atoms with Crippen molar-refractivity contribution in [3.05, 3.63) is 40.8 Å². The lowest BCUT2D eigenvalue weighted by molar-refractivity contribution is 0.102. The van der Waals surface area contributed by atoms with Gasteiger partial charge in [-0.05, 0) is 26.0 Å². The number of rotatable bonds is 3. The Morgan fingerprint density at radius 1 is 1.40 bits per heavy atom. The molecule has 1 amide bonds. The van der Waals surface area contributed by atoms with E-state index in [1.807, 2.05) is 6.92 Å². The van der Waals surface area contributed by atoms with Crippen LogP contribution < -0.4 is 5.32 Å². The van der Waals surface area contributed by atoms with Crippen LogP contribution in [0.3, 0.4) is 0 Å². The number of furan rings is 1. The van der Waals surface area contributed by atoms with Crippen molar-refractivity contribution in [3.63, 3.8) is 0 Å². The Bertz CT molecular complexity index is 743. The molecule has 3 aromatic heterocycles. The Balaban J connectivity index is 1.85. The van der Waals surface area contributed by atoms with E-state index >= 15 is 0 Å². The summed E-state index contributed by atoms with van der Waals surface area (Å²) < 4.78 is 10.2. The van der Waals surface area contributed by atoms with Gasteiger partial charge in [-0.1, -0.05) is 5.16 Å². The highest BCUT2D eigenvalue weighted by Crippen LogP contribution is 2.28. The van der Waals surface area contributed by atoms with Crippen molar-refractivity contribution in [2.75, 3.05) is 5.32 Å². The minimum atomic E-state index is -0.315. The highest BCUT2D eigenvalue weighted by Gasteiger charge is 2.18. The van der Waals surface area contributed by atoms with Crippen molar-refractivity contribution in [2.45, 2.75) is 13.8 Å². The van der Waals surface area contributed by atoms with Gasteiger partial charge in [0.15, 0.2) is 16.6 Å². The average Bonchev–Trinajstić information content (AvgIpc) is 3.09. The molecule has 102 valence electrons. The number of aryl methyl sites for hydroxylation is 2. The van der Waals surface area contributed by atoms with Crippen molar-refractivity contribution >= 4 is 23.1 Å². The van der Waals surface area contributed by atoms with Crippen LogP contribution in [0.1, 0.15) is 21.1 Å². The first-order valence-electron chi connectivity index (χ1n) is 5.89. The van der Waals surface area contributed by atoms with Crippen LogP contribution in [0.2, 0.25) is 0 Å². The second-order valence-electron chi connectivity index (χ2n) is 4.18. The van der Waals surface area contributed by atoms with Crippen molar-refractivity contribution in [1.29, 1.82) is 0 Å². The summed E-state index contributed by atoms with van der Waals surface area (Å²) in [5.41, 5.74) is 0.363. The molecular weight excluding hydrogens is 278 g/mol. The third kappa shape index (κ3) is 2.35. The minimum Gasteiger partial charge on any atom is -0.462 e. The van der Waals surface area contributed by atoms with E-state index in [1.165, 1.54) is 11.3 Å². The third-order valence-corrected chi connectivity index (χ3v) is 3.60. The normalized spacial score (nSPS) is 10.7. The first kappa shape index (κ1) is 12.6. The van der Waals surface area contributed by atoms with Gasteiger partial charge in [-0.25, -0.2) is 4.98 Å². The summed E-state index contributed by atoms with van der Waals surface area (Å²) in [5, 5.41) is 7.04. The average molecular weight is 289 g/mol. The smallest absolute Gasteiger partial charge is 0.276 e. The molecule has 0 spiro atoms. The molecule has 0 aliphatic rings. The molecule has 3 aromatic rings. The number of aromatic nitrogens is 2. The fraction of sp³-hybridized carbons (Fsp3) is 0.154. The van der Waals surface area contributed by atoms with Crippen molar-refractivity contribution in [2.24, 2.45) is 0 Å². The van der Waals surface area contributed by atoms with E-state index in [0.717, 1.165) is 4.88 Å². The maximum Gasteiger partial charge on any atom is 0.276 e. The molecular formula is C13H11N3O3S. The molecule has 0 radical (unpaired) electrons. The predicted molar refractivity (Wildman–Crippen MR) is 73.7 cm³/mol. The molecule has 0 saturated heterocycles. The first-order valence-corrected chi connectivity index (χ1v) is 6.71. The topological polar surface area (TPSA) is 81.2 Å². The molecule has 0 aliphatic heterocycles. The molecule has 0 atom stereocenters. The van der Waals surface area contributed by atoms with Gasteiger partial charge >= 0.3 is 0 Å². The van der Waals surface area contributed by atoms with Crippen LogP contribution in [0.4, 0.5) is 5.82 Å². The van der Waals surface area contributed by atoms with Gasteiger partial charge in [-0.3, -0.25) is 4.79 Å². The molecule has 20 heavy (non-hydrogen) atoms. The Morgan fingerprint density at radius 2 is 2.25 bits per heavy atom. The number of nitrogens with one attached hydrogen (secondary N) is 1. The van der Waals surface area contributed by atoms with Gasteiger partial charge in [-0.2, -0.15) is 0 Å². The van der Waals surface area contributed by atoms with E-state index in [9.17, 15) is 4.79 Å². The molecule has 6 nitrogen and oxygen atoms in total. The largest absolute Gasteiger partial charge is 0.462 e. The quantitative estimate of drug-likeness (QED) is 0.800. The predicted octanol–water partition coefficient (Wildman–Crippen LogP) is 3.26. The molecule has 3 heterocycles. The monoisotopic (exact) mass is 289 g/mol. The highest BCUT2D eigenvalue weighted by molar-refractivity contribution is 7.15. The highest BCUT2D eigenvalue weighted by atomic mass is 32.1. The second kappa shape index (κ2) is 4.93. The summed E-state index contributed by atoms with van der Waals surface area (Å²) in [5.74, 6) is 1.34. The van der Waals surface area contributed by atoms with E-state index in [-0.39, 0.29) is 5.91 Å². The number of hydrogen-bond acceptors (Lipinski definition) is 6. The van der Waals surface area contributed by atoms with Gasteiger partial charge in [0.1, 0.15) is 11.5 Å². The first-order chi connectivity index (χ1) is 9.63. The van der Waals surface area contributed by atoms with Gasteiger partial charge < -0.3 is 14.3 Å². The van der Waals surface area contributed by atoms with E-state index in [4.69, 9.17) is 8.94 Å². The molecule has 0 saturated carbocycles. The Labute approximate surface area is 118 Å². The van der Waals surface area contributed by atoms with Crippen LogP contribution in [-0.2, 0) is 0 Å². The zero-order chi connectivity index (χ0) is 14.1. The summed E-state index contributed by atoms with van der Waals surface area (Å²) in [6.45, 7) is 3.60. The van der Waals surface area contributed by atoms with Crippen molar-refractivity contribution < 1.29 is 13.7 Å². The maximum absolute atomic E-state index is 12.1. The van der Waals surface area contributed by atoms with Crippen LogP contribution in [0.25, 0.3) is 10.8 Å². The van der Waals surface area contributed by atoms with E-state index in [1.54, 1.807) is 31.4 Å². The third-order valence-electron chi connectivity index (χ3n) is 2.61. The van der Waals surface area contributed by atoms with E-state index < -0.39 is 0 Å². The number of amides is 1. The standard InChI is InChI=1S/C13H11N3O3S/c1-7-6-10(16-19-7)14-12(17)11-8(2)20-13(15-11)9-4-3-5-18-9/h3-6H,1-2H3,(H,14,16,17). The zero-order valence-electron chi connectivity index (χ0n) is 10.8. The number of thiazole rings is 1. The number of anilines is 1. The molecule has 3 rings (SSSR count). The van der Waals surface area contributed by atoms with E-state index in [0.29, 0.717) is 28.0 Å². The number of carbonyl (C=O) groups excluding carboxylic acids is 1. The summed E-state index contributed by atoms with van der Waals surface area (Å²) in [4.78, 5) is 17.3. The van der Waals surface area contributed by atoms with Crippen LogP contribution >= 0.6 is 11.3 Å². The fourth-order valence-corrected chi connectivity index (χ4v) is 2.59. The number of nitrogens with zero attached hydrogens (tertiary/aromatic N) is 2. The van der Waals surface area contributed by atoms with Crippen LogP contribution in [0.15, 0.2) is 33.4 Å². The van der Waals surface area contributed by atoms with Crippen molar-refractivity contribution in [3.8, 4) is 10.8 Å². The van der Waals surface area contributed by atoms with Gasteiger partial charge in [0, 0.05) is 10.9 Å². The number of hydrogen-bond donors (Lipinski definition) is 1. The SMILES string of the molecule is Cc1cc(NC(=O)c2nc(-c3ccco3)sc2C)no1. The summed E-state index contributed by atoms with van der Waals surface area (Å²) in [6, 6.07) is 5.23. The minimum absolute atomic E-state index is 0.315. The van der Waals surface area contributed by atoms with Crippen LogP contribution in [-0.4, -0.2) is 16.0 Å². The Kier molecular flexibility index (Phi) is 3.11. The molecule has 0 fully saturated rings. The Hall–Kier alpha value is -2.41. The summed E-state index contributed by atoms with van der Waals surface area (Å²) in [6.07, 6.45) is 1.57. The molecule has 7 heteroatoms. The van der Waals surface area contributed by atoms with Crippen molar-refractivity contribution in [1.82, 2.24) is 10.1 Å². The van der Waals surface area contributed by atoms with Crippen LogP contribution in [0, 0.1) is 13.8 Å². The maximum atomic E-state index is 12.1. The molecule has 0 bridgehead atoms. The summed E-state index contributed by atoms with van der Waals surface area (Å²) in [7, 11) is 0. The molecule has 1 N–H and O–H groups in total. The lowest BCUT2D eigenvalue weighted by Gasteiger charge is -1.97. The molecule has 0 unspecified atom stereocenters. The molecule has 0 aliphatic carbocycles. The fourth-order valence-electron chi connectivity index (χ4n) is 1.71. The Morgan fingerprint density at radius 3 is 2.90 bits per heavy atom. The molecule has 0 aromatic carbocycles. The number of carbonyl (C=O) groups is 1.